The Morgan fingerprint density at radius 2 is 1.56 bits per heavy atom. The maximum Gasteiger partial charge on any atom is 0.220 e. The van der Waals surface area contributed by atoms with Gasteiger partial charge in [0.05, 0.1) is 6.04 Å². The number of benzene rings is 2. The van der Waals surface area contributed by atoms with E-state index in [2.05, 4.69) is 19.2 Å². The zero-order valence-electron chi connectivity index (χ0n) is 15.3. The summed E-state index contributed by atoms with van der Waals surface area (Å²) >= 11 is 0. The molecule has 0 aromatic heterocycles. The molecule has 3 nitrogen and oxygen atoms in total. The normalized spacial score (nSPS) is 12.0. The largest absolute Gasteiger partial charge is 0.349 e. The second-order valence-electron chi connectivity index (χ2n) is 6.95. The van der Waals surface area contributed by atoms with Gasteiger partial charge in [-0.05, 0) is 24.8 Å². The van der Waals surface area contributed by atoms with Crippen LogP contribution in [-0.4, -0.2) is 11.7 Å². The van der Waals surface area contributed by atoms with Crippen LogP contribution in [0.2, 0.25) is 0 Å². The van der Waals surface area contributed by atoms with Crippen LogP contribution in [0.25, 0.3) is 0 Å². The average Bonchev–Trinajstić information content (AvgIpc) is 2.60. The van der Waals surface area contributed by atoms with Gasteiger partial charge in [0, 0.05) is 18.4 Å². The molecule has 2 aromatic carbocycles. The standard InChI is InChI=1S/C22H27NO2/c1-16(2)15-20(18-7-5-4-6-8-18)23-22(25)14-13-21(24)19-11-9-17(3)10-12-19/h4-12,16,20H,13-15H2,1-3H3,(H,23,25). The highest BCUT2D eigenvalue weighted by Gasteiger charge is 2.17. The molecular weight excluding hydrogens is 310 g/mol. The molecule has 0 aliphatic carbocycles. The van der Waals surface area contributed by atoms with Gasteiger partial charge in [-0.15, -0.1) is 0 Å². The lowest BCUT2D eigenvalue weighted by Crippen LogP contribution is -2.29. The van der Waals surface area contributed by atoms with Crippen molar-refractivity contribution in [3.8, 4) is 0 Å². The number of amides is 1. The number of nitrogens with one attached hydrogen (secondary N) is 1. The third-order valence-electron chi connectivity index (χ3n) is 4.20. The van der Waals surface area contributed by atoms with Crippen molar-refractivity contribution in [2.24, 2.45) is 5.92 Å². The molecule has 0 aliphatic heterocycles. The van der Waals surface area contributed by atoms with E-state index in [0.29, 0.717) is 11.5 Å². The molecule has 1 N–H and O–H groups in total. The van der Waals surface area contributed by atoms with Gasteiger partial charge in [0.15, 0.2) is 5.78 Å². The molecule has 1 amide bonds. The van der Waals surface area contributed by atoms with Gasteiger partial charge in [0.2, 0.25) is 5.91 Å². The zero-order valence-corrected chi connectivity index (χ0v) is 15.3. The minimum absolute atomic E-state index is 0.00951. The van der Waals surface area contributed by atoms with Gasteiger partial charge in [0.1, 0.15) is 0 Å². The molecule has 132 valence electrons. The Kier molecular flexibility index (Phi) is 6.93. The summed E-state index contributed by atoms with van der Waals surface area (Å²) in [6.07, 6.45) is 1.33. The number of carbonyl (C=O) groups is 2. The molecule has 2 rings (SSSR count). The van der Waals surface area contributed by atoms with Crippen molar-refractivity contribution in [1.82, 2.24) is 5.32 Å². The second kappa shape index (κ2) is 9.16. The van der Waals surface area contributed by atoms with Gasteiger partial charge in [-0.3, -0.25) is 9.59 Å². The summed E-state index contributed by atoms with van der Waals surface area (Å²) in [5.74, 6) is 0.407. The summed E-state index contributed by atoms with van der Waals surface area (Å²) in [6.45, 7) is 6.27. The summed E-state index contributed by atoms with van der Waals surface area (Å²) in [4.78, 5) is 24.5. The molecule has 0 bridgehead atoms. The number of rotatable bonds is 8. The fraction of sp³-hybridized carbons (Fsp3) is 0.364. The molecule has 0 fully saturated rings. The van der Waals surface area contributed by atoms with Crippen LogP contribution in [0.15, 0.2) is 54.6 Å². The van der Waals surface area contributed by atoms with Crippen molar-refractivity contribution in [1.29, 1.82) is 0 Å². The minimum Gasteiger partial charge on any atom is -0.349 e. The Balaban J connectivity index is 1.92. The summed E-state index contributed by atoms with van der Waals surface area (Å²) in [5.41, 5.74) is 2.89. The lowest BCUT2D eigenvalue weighted by Gasteiger charge is -2.21. The predicted molar refractivity (Wildman–Crippen MR) is 102 cm³/mol. The van der Waals surface area contributed by atoms with Gasteiger partial charge >= 0.3 is 0 Å². The van der Waals surface area contributed by atoms with Crippen molar-refractivity contribution in [2.75, 3.05) is 0 Å². The molecule has 25 heavy (non-hydrogen) atoms. The van der Waals surface area contributed by atoms with E-state index in [-0.39, 0.29) is 30.6 Å². The van der Waals surface area contributed by atoms with E-state index in [1.54, 1.807) is 0 Å². The van der Waals surface area contributed by atoms with Crippen LogP contribution in [0.5, 0.6) is 0 Å². The lowest BCUT2D eigenvalue weighted by molar-refractivity contribution is -0.121. The Bertz CT molecular complexity index is 690. The SMILES string of the molecule is Cc1ccc(C(=O)CCC(=O)NC(CC(C)C)c2ccccc2)cc1. The fourth-order valence-corrected chi connectivity index (χ4v) is 2.81. The van der Waals surface area contributed by atoms with Crippen LogP contribution in [0.3, 0.4) is 0 Å². The van der Waals surface area contributed by atoms with E-state index in [9.17, 15) is 9.59 Å². The van der Waals surface area contributed by atoms with E-state index in [1.807, 2.05) is 61.5 Å². The Morgan fingerprint density at radius 1 is 0.920 bits per heavy atom. The van der Waals surface area contributed by atoms with E-state index >= 15 is 0 Å². The number of carbonyl (C=O) groups excluding carboxylic acids is 2. The highest BCUT2D eigenvalue weighted by molar-refractivity contribution is 5.98. The monoisotopic (exact) mass is 337 g/mol. The van der Waals surface area contributed by atoms with Crippen molar-refractivity contribution >= 4 is 11.7 Å². The number of hydrogen-bond acceptors (Lipinski definition) is 2. The van der Waals surface area contributed by atoms with Gasteiger partial charge in [-0.1, -0.05) is 74.0 Å². The molecule has 0 spiro atoms. The molecule has 0 saturated heterocycles. The van der Waals surface area contributed by atoms with Crippen LogP contribution >= 0.6 is 0 Å². The second-order valence-corrected chi connectivity index (χ2v) is 6.95. The van der Waals surface area contributed by atoms with E-state index in [0.717, 1.165) is 17.5 Å². The topological polar surface area (TPSA) is 46.2 Å². The lowest BCUT2D eigenvalue weighted by atomic mass is 9.96. The maximum absolute atomic E-state index is 12.3. The summed E-state index contributed by atoms with van der Waals surface area (Å²) in [7, 11) is 0. The number of Topliss-reactive ketones (excluding diaryl/α,β-unsaturated/α-hetero) is 1. The van der Waals surface area contributed by atoms with Crippen molar-refractivity contribution in [3.63, 3.8) is 0 Å². The van der Waals surface area contributed by atoms with Crippen LogP contribution < -0.4 is 5.32 Å². The van der Waals surface area contributed by atoms with Crippen LogP contribution in [0.1, 0.15) is 60.6 Å². The van der Waals surface area contributed by atoms with E-state index < -0.39 is 0 Å². The summed E-state index contributed by atoms with van der Waals surface area (Å²) in [6, 6.07) is 17.5. The van der Waals surface area contributed by atoms with Crippen LogP contribution in [-0.2, 0) is 4.79 Å². The molecule has 0 aliphatic rings. The molecule has 0 heterocycles. The molecule has 2 aromatic rings. The molecular formula is C22H27NO2. The predicted octanol–water partition coefficient (Wildman–Crippen LogP) is 4.86. The van der Waals surface area contributed by atoms with E-state index in [4.69, 9.17) is 0 Å². The number of aryl methyl sites for hydroxylation is 1. The molecule has 1 unspecified atom stereocenters. The quantitative estimate of drug-likeness (QED) is 0.699. The third kappa shape index (κ3) is 6.18. The van der Waals surface area contributed by atoms with Crippen molar-refractivity contribution < 1.29 is 9.59 Å². The van der Waals surface area contributed by atoms with Crippen LogP contribution in [0, 0.1) is 12.8 Å². The van der Waals surface area contributed by atoms with Gasteiger partial charge < -0.3 is 5.32 Å². The Labute approximate surface area is 150 Å². The Morgan fingerprint density at radius 3 is 2.16 bits per heavy atom. The van der Waals surface area contributed by atoms with Gasteiger partial charge in [0.25, 0.3) is 0 Å². The van der Waals surface area contributed by atoms with Crippen molar-refractivity contribution in [3.05, 3.63) is 71.3 Å². The molecule has 3 heteroatoms. The summed E-state index contributed by atoms with van der Waals surface area (Å²) in [5, 5.41) is 3.09. The molecule has 1 atom stereocenters. The van der Waals surface area contributed by atoms with Crippen molar-refractivity contribution in [2.45, 2.75) is 46.1 Å². The first kappa shape index (κ1) is 18.9. The first-order chi connectivity index (χ1) is 12.0. The molecule has 0 saturated carbocycles. The number of ketones is 1. The Hall–Kier alpha value is -2.42. The zero-order chi connectivity index (χ0) is 18.2. The molecule has 0 radical (unpaired) electrons. The van der Waals surface area contributed by atoms with E-state index in [1.165, 1.54) is 0 Å². The number of hydrogen-bond donors (Lipinski definition) is 1. The highest BCUT2D eigenvalue weighted by atomic mass is 16.2. The minimum atomic E-state index is -0.0741. The van der Waals surface area contributed by atoms with Gasteiger partial charge in [-0.2, -0.15) is 0 Å². The first-order valence-corrected chi connectivity index (χ1v) is 8.90. The highest BCUT2D eigenvalue weighted by Crippen LogP contribution is 2.21. The van der Waals surface area contributed by atoms with Gasteiger partial charge in [-0.25, -0.2) is 0 Å². The smallest absolute Gasteiger partial charge is 0.220 e. The maximum atomic E-state index is 12.3. The fourth-order valence-electron chi connectivity index (χ4n) is 2.81. The first-order valence-electron chi connectivity index (χ1n) is 8.90. The average molecular weight is 337 g/mol. The van der Waals surface area contributed by atoms with Crippen LogP contribution in [0.4, 0.5) is 0 Å². The summed E-state index contributed by atoms with van der Waals surface area (Å²) < 4.78 is 0. The third-order valence-corrected chi connectivity index (χ3v) is 4.20.